The van der Waals surface area contributed by atoms with Crippen LogP contribution in [-0.2, 0) is 0 Å². The van der Waals surface area contributed by atoms with Crippen LogP contribution in [0.2, 0.25) is 5.02 Å². The fourth-order valence-electron chi connectivity index (χ4n) is 0.717. The first-order valence-corrected chi connectivity index (χ1v) is 5.05. The van der Waals surface area contributed by atoms with Crippen molar-refractivity contribution in [3.63, 3.8) is 0 Å². The molecular weight excluding hydrogens is 217 g/mol. The molecule has 1 rings (SSSR count). The van der Waals surface area contributed by atoms with E-state index in [1.54, 1.807) is 12.1 Å². The molecule has 1 aromatic rings. The molecule has 0 aliphatic rings. The second-order valence-electron chi connectivity index (χ2n) is 2.09. The Morgan fingerprint density at radius 3 is 2.58 bits per heavy atom. The molecule has 0 radical (unpaired) electrons. The number of amides is 1. The van der Waals surface area contributed by atoms with Crippen LogP contribution in [0.5, 0.6) is 0 Å². The van der Waals surface area contributed by atoms with Crippen LogP contribution in [0.25, 0.3) is 0 Å². The summed E-state index contributed by atoms with van der Waals surface area (Å²) in [4.78, 5) is 11.4. The fraction of sp³-hybridized carbons (Fsp3) is 0. The van der Waals surface area contributed by atoms with Crippen LogP contribution in [0.15, 0.2) is 23.1 Å². The number of hydrogen-bond acceptors (Lipinski definition) is 2. The van der Waals surface area contributed by atoms with Crippen molar-refractivity contribution in [1.82, 2.24) is 0 Å². The van der Waals surface area contributed by atoms with Crippen molar-refractivity contribution in [3.8, 4) is 0 Å². The predicted octanol–water partition coefficient (Wildman–Crippen LogP) is 2.68. The molecule has 1 amide bonds. The number of carbonyl (C=O) groups excluding carboxylic acids is 1. The average molecular weight is 222 g/mol. The van der Waals surface area contributed by atoms with Gasteiger partial charge < -0.3 is 5.73 Å². The van der Waals surface area contributed by atoms with Crippen LogP contribution >= 0.6 is 33.3 Å². The Balaban J connectivity index is 3.10. The van der Waals surface area contributed by atoms with Gasteiger partial charge in [-0.3, -0.25) is 4.79 Å². The van der Waals surface area contributed by atoms with Gasteiger partial charge in [-0.2, -0.15) is 0 Å². The summed E-state index contributed by atoms with van der Waals surface area (Å²) in [7, 11) is 6.48. The van der Waals surface area contributed by atoms with E-state index in [0.717, 1.165) is 11.0 Å². The molecule has 2 nitrogen and oxygen atoms in total. The maximum atomic E-state index is 10.7. The Kier molecular flexibility index (Phi) is 3.26. The van der Waals surface area contributed by atoms with Gasteiger partial charge in [-0.05, 0) is 39.9 Å². The molecule has 0 atom stereocenters. The lowest BCUT2D eigenvalue weighted by Gasteiger charge is -1.99. The number of nitrogens with two attached hydrogens (primary N) is 1. The van der Waals surface area contributed by atoms with Gasteiger partial charge in [-0.1, -0.05) is 11.6 Å². The SMILES string of the molecule is NC(=O)c1ccc(SCl)c(Cl)c1. The number of benzene rings is 1. The highest BCUT2D eigenvalue weighted by Gasteiger charge is 2.04. The summed E-state index contributed by atoms with van der Waals surface area (Å²) in [5.74, 6) is -0.497. The predicted molar refractivity (Wildman–Crippen MR) is 51.7 cm³/mol. The highest BCUT2D eigenvalue weighted by molar-refractivity contribution is 8.21. The molecule has 0 unspecified atom stereocenters. The quantitative estimate of drug-likeness (QED) is 0.835. The minimum Gasteiger partial charge on any atom is -0.366 e. The Morgan fingerprint density at radius 1 is 1.50 bits per heavy atom. The summed E-state index contributed by atoms with van der Waals surface area (Å²) in [6.45, 7) is 0. The zero-order valence-corrected chi connectivity index (χ0v) is 8.21. The lowest BCUT2D eigenvalue weighted by atomic mass is 10.2. The van der Waals surface area contributed by atoms with Gasteiger partial charge in [0.2, 0.25) is 5.91 Å². The first kappa shape index (κ1) is 9.71. The summed E-state index contributed by atoms with van der Waals surface area (Å²) in [6, 6.07) is 4.73. The van der Waals surface area contributed by atoms with E-state index in [-0.39, 0.29) is 0 Å². The van der Waals surface area contributed by atoms with Crippen molar-refractivity contribution in [1.29, 1.82) is 0 Å². The Hall–Kier alpha value is -0.380. The van der Waals surface area contributed by atoms with Crippen molar-refractivity contribution in [2.75, 3.05) is 0 Å². The number of hydrogen-bond donors (Lipinski definition) is 1. The zero-order chi connectivity index (χ0) is 9.14. The summed E-state index contributed by atoms with van der Waals surface area (Å²) in [5.41, 5.74) is 5.42. The standard InChI is InChI=1S/C7H5Cl2NOS/c8-5-3-4(7(10)11)1-2-6(5)12-9/h1-3H,(H2,10,11). The summed E-state index contributed by atoms with van der Waals surface area (Å²) in [5, 5.41) is 0.436. The van der Waals surface area contributed by atoms with Crippen molar-refractivity contribution >= 4 is 39.2 Å². The van der Waals surface area contributed by atoms with E-state index in [2.05, 4.69) is 0 Å². The molecule has 12 heavy (non-hydrogen) atoms. The monoisotopic (exact) mass is 221 g/mol. The van der Waals surface area contributed by atoms with Gasteiger partial charge in [0.05, 0.1) is 5.02 Å². The second kappa shape index (κ2) is 4.03. The zero-order valence-electron chi connectivity index (χ0n) is 5.88. The van der Waals surface area contributed by atoms with Crippen LogP contribution in [0.3, 0.4) is 0 Å². The topological polar surface area (TPSA) is 43.1 Å². The highest BCUT2D eigenvalue weighted by atomic mass is 35.7. The molecule has 0 fully saturated rings. The molecule has 0 aromatic heterocycles. The van der Waals surface area contributed by atoms with Crippen molar-refractivity contribution in [2.24, 2.45) is 5.73 Å². The molecular formula is C7H5Cl2NOS. The van der Waals surface area contributed by atoms with Crippen LogP contribution in [0, 0.1) is 0 Å². The molecule has 0 saturated carbocycles. The average Bonchev–Trinajstić information content (AvgIpc) is 2.04. The third-order valence-corrected chi connectivity index (χ3v) is 2.75. The summed E-state index contributed by atoms with van der Waals surface area (Å²) >= 11 is 5.76. The molecule has 0 heterocycles. The Labute approximate surface area is 83.5 Å². The van der Waals surface area contributed by atoms with E-state index in [1.807, 2.05) is 0 Å². The van der Waals surface area contributed by atoms with Gasteiger partial charge in [0.15, 0.2) is 0 Å². The van der Waals surface area contributed by atoms with E-state index in [1.165, 1.54) is 6.07 Å². The summed E-state index contributed by atoms with van der Waals surface area (Å²) < 4.78 is 0. The van der Waals surface area contributed by atoms with Crippen LogP contribution in [0.4, 0.5) is 0 Å². The lowest BCUT2D eigenvalue weighted by molar-refractivity contribution is 0.100. The normalized spacial score (nSPS) is 9.83. The Morgan fingerprint density at radius 2 is 2.17 bits per heavy atom. The van der Waals surface area contributed by atoms with Gasteiger partial charge in [-0.15, -0.1) is 0 Å². The van der Waals surface area contributed by atoms with Gasteiger partial charge in [0.25, 0.3) is 0 Å². The summed E-state index contributed by atoms with van der Waals surface area (Å²) in [6.07, 6.45) is 0. The molecule has 0 aliphatic heterocycles. The molecule has 0 bridgehead atoms. The Bertz CT molecular complexity index is 316. The molecule has 2 N–H and O–H groups in total. The maximum Gasteiger partial charge on any atom is 0.248 e. The van der Waals surface area contributed by atoms with E-state index in [9.17, 15) is 4.79 Å². The van der Waals surface area contributed by atoms with E-state index >= 15 is 0 Å². The van der Waals surface area contributed by atoms with Crippen molar-refractivity contribution in [3.05, 3.63) is 28.8 Å². The number of rotatable bonds is 2. The molecule has 1 aromatic carbocycles. The second-order valence-corrected chi connectivity index (χ2v) is 3.55. The smallest absolute Gasteiger partial charge is 0.248 e. The van der Waals surface area contributed by atoms with Crippen molar-refractivity contribution in [2.45, 2.75) is 4.90 Å². The van der Waals surface area contributed by atoms with Crippen LogP contribution in [0.1, 0.15) is 10.4 Å². The number of primary amides is 1. The first-order chi connectivity index (χ1) is 5.65. The molecule has 64 valence electrons. The number of halogens is 2. The molecule has 0 spiro atoms. The molecule has 0 saturated heterocycles. The largest absolute Gasteiger partial charge is 0.366 e. The third kappa shape index (κ3) is 2.06. The minimum absolute atomic E-state index is 0.384. The van der Waals surface area contributed by atoms with Gasteiger partial charge in [-0.25, -0.2) is 0 Å². The fourth-order valence-corrected chi connectivity index (χ4v) is 1.79. The lowest BCUT2D eigenvalue weighted by Crippen LogP contribution is -2.10. The molecule has 0 aliphatic carbocycles. The van der Waals surface area contributed by atoms with E-state index in [4.69, 9.17) is 28.0 Å². The maximum absolute atomic E-state index is 10.7. The van der Waals surface area contributed by atoms with E-state index in [0.29, 0.717) is 15.5 Å². The molecule has 5 heteroatoms. The van der Waals surface area contributed by atoms with Gasteiger partial charge in [0.1, 0.15) is 0 Å². The minimum atomic E-state index is -0.497. The first-order valence-electron chi connectivity index (χ1n) is 3.03. The van der Waals surface area contributed by atoms with Gasteiger partial charge in [0, 0.05) is 10.5 Å². The highest BCUT2D eigenvalue weighted by Crippen LogP contribution is 2.30. The third-order valence-electron chi connectivity index (χ3n) is 1.30. The van der Waals surface area contributed by atoms with Crippen LogP contribution in [-0.4, -0.2) is 5.91 Å². The van der Waals surface area contributed by atoms with E-state index < -0.39 is 5.91 Å². The van der Waals surface area contributed by atoms with Gasteiger partial charge >= 0.3 is 0 Å². The number of carbonyl (C=O) groups is 1. The van der Waals surface area contributed by atoms with Crippen molar-refractivity contribution < 1.29 is 4.79 Å². The van der Waals surface area contributed by atoms with Crippen LogP contribution < -0.4 is 5.73 Å².